The van der Waals surface area contributed by atoms with Crippen LogP contribution in [0, 0.1) is 0 Å². The van der Waals surface area contributed by atoms with Crippen molar-refractivity contribution in [3.63, 3.8) is 0 Å². The molecule has 0 aromatic carbocycles. The van der Waals surface area contributed by atoms with Gasteiger partial charge in [0.05, 0.1) is 17.4 Å². The number of carbonyl (C=O) groups excluding carboxylic acids is 1. The molecular weight excluding hydrogens is 322 g/mol. The lowest BCUT2D eigenvalue weighted by Crippen LogP contribution is -2.40. The molecule has 1 saturated carbocycles. The Morgan fingerprint density at radius 2 is 1.96 bits per heavy atom. The van der Waals surface area contributed by atoms with Gasteiger partial charge in [-0.1, -0.05) is 11.6 Å². The van der Waals surface area contributed by atoms with Gasteiger partial charge in [-0.2, -0.15) is 0 Å². The van der Waals surface area contributed by atoms with Gasteiger partial charge in [0.25, 0.3) is 5.91 Å². The van der Waals surface area contributed by atoms with Crippen LogP contribution >= 0.6 is 11.6 Å². The molecule has 0 radical (unpaired) electrons. The first-order valence-corrected chi connectivity index (χ1v) is 7.71. The Morgan fingerprint density at radius 1 is 1.26 bits per heavy atom. The number of halogens is 1. The molecule has 2 aromatic rings. The van der Waals surface area contributed by atoms with Crippen molar-refractivity contribution in [2.45, 2.75) is 37.8 Å². The number of nitrogens with zero attached hydrogens (tertiary/aromatic N) is 2. The number of carbonyl (C=O) groups is 1. The molecule has 0 atom stereocenters. The zero-order valence-electron chi connectivity index (χ0n) is 12.2. The van der Waals surface area contributed by atoms with Gasteiger partial charge in [0.1, 0.15) is 11.8 Å². The van der Waals surface area contributed by atoms with E-state index in [4.69, 9.17) is 16.3 Å². The van der Waals surface area contributed by atoms with Gasteiger partial charge in [-0.15, -0.1) is 0 Å². The molecule has 0 aliphatic heterocycles. The normalized spacial score (nSPS) is 20.9. The maximum absolute atomic E-state index is 12.0. The van der Waals surface area contributed by atoms with E-state index in [9.17, 15) is 9.59 Å². The average molecular weight is 338 g/mol. The fourth-order valence-corrected chi connectivity index (χ4v) is 2.65. The van der Waals surface area contributed by atoms with E-state index in [0.717, 1.165) is 25.7 Å². The lowest BCUT2D eigenvalue weighted by molar-refractivity contribution is 0.0881. The van der Waals surface area contributed by atoms with E-state index in [1.54, 1.807) is 0 Å². The van der Waals surface area contributed by atoms with E-state index >= 15 is 0 Å². The molecule has 1 aliphatic carbocycles. The minimum absolute atomic E-state index is 0.0244. The Balaban J connectivity index is 1.47. The van der Waals surface area contributed by atoms with Crippen LogP contribution in [-0.2, 0) is 0 Å². The molecule has 1 fully saturated rings. The van der Waals surface area contributed by atoms with E-state index in [2.05, 4.69) is 25.3 Å². The number of ether oxygens (including phenoxy) is 1. The third-order valence-electron chi connectivity index (χ3n) is 3.72. The summed E-state index contributed by atoms with van der Waals surface area (Å²) >= 11 is 5.73. The molecule has 23 heavy (non-hydrogen) atoms. The van der Waals surface area contributed by atoms with Crippen molar-refractivity contribution in [2.24, 2.45) is 0 Å². The number of hydrogen-bond acceptors (Lipinski definition) is 5. The number of imidazole rings is 1. The third-order valence-corrected chi connectivity index (χ3v) is 3.91. The summed E-state index contributed by atoms with van der Waals surface area (Å²) in [5.41, 5.74) is -0.154. The molecule has 2 aromatic heterocycles. The molecule has 8 nitrogen and oxygen atoms in total. The van der Waals surface area contributed by atoms with Crippen molar-refractivity contribution in [2.75, 3.05) is 0 Å². The molecule has 2 heterocycles. The first kappa shape index (κ1) is 15.5. The molecule has 122 valence electrons. The molecular formula is C14H16ClN5O3. The van der Waals surface area contributed by atoms with Crippen molar-refractivity contribution in [3.8, 4) is 6.01 Å². The van der Waals surface area contributed by atoms with Crippen LogP contribution in [0.1, 0.15) is 36.2 Å². The largest absolute Gasteiger partial charge is 0.460 e. The number of aromatic amines is 2. The van der Waals surface area contributed by atoms with Gasteiger partial charge in [0, 0.05) is 12.2 Å². The van der Waals surface area contributed by atoms with E-state index in [0.29, 0.717) is 11.0 Å². The van der Waals surface area contributed by atoms with Crippen molar-refractivity contribution < 1.29 is 9.53 Å². The number of hydrogen-bond donors (Lipinski definition) is 3. The van der Waals surface area contributed by atoms with Crippen LogP contribution in [0.3, 0.4) is 0 Å². The fourth-order valence-electron chi connectivity index (χ4n) is 2.55. The van der Waals surface area contributed by atoms with Gasteiger partial charge in [-0.25, -0.2) is 14.8 Å². The number of amides is 1. The zero-order chi connectivity index (χ0) is 16.2. The number of nitrogens with one attached hydrogen (secondary N) is 3. The van der Waals surface area contributed by atoms with Crippen LogP contribution in [0.4, 0.5) is 0 Å². The highest BCUT2D eigenvalue weighted by molar-refractivity contribution is 6.30. The van der Waals surface area contributed by atoms with Gasteiger partial charge >= 0.3 is 11.7 Å². The summed E-state index contributed by atoms with van der Waals surface area (Å²) in [6.45, 7) is 0. The van der Waals surface area contributed by atoms with E-state index in [1.807, 2.05) is 0 Å². The number of rotatable bonds is 4. The molecule has 3 rings (SSSR count). The maximum Gasteiger partial charge on any atom is 0.323 e. The number of aromatic nitrogens is 4. The first-order chi connectivity index (χ1) is 11.1. The Hall–Kier alpha value is -2.35. The van der Waals surface area contributed by atoms with Gasteiger partial charge in [0.15, 0.2) is 0 Å². The van der Waals surface area contributed by atoms with Crippen LogP contribution in [0.15, 0.2) is 23.4 Å². The average Bonchev–Trinajstić information content (AvgIpc) is 2.98. The SMILES string of the molecule is O=C(NC1CCC(Oc2ncc(Cl)cn2)CC1)c1c[nH]c(=O)[nH]1. The molecule has 3 N–H and O–H groups in total. The Morgan fingerprint density at radius 3 is 2.57 bits per heavy atom. The van der Waals surface area contributed by atoms with Gasteiger partial charge < -0.3 is 20.0 Å². The fraction of sp³-hybridized carbons (Fsp3) is 0.429. The Labute approximate surface area is 136 Å². The highest BCUT2D eigenvalue weighted by Gasteiger charge is 2.24. The standard InChI is InChI=1S/C14H16ClN5O3/c15-8-5-17-14(18-6-8)23-10-3-1-9(2-4-10)19-12(21)11-7-16-13(22)20-11/h5-7,9-10H,1-4H2,(H,19,21)(H2,16,20,22). The predicted octanol–water partition coefficient (Wildman–Crippen LogP) is 1.27. The highest BCUT2D eigenvalue weighted by Crippen LogP contribution is 2.22. The summed E-state index contributed by atoms with van der Waals surface area (Å²) in [7, 11) is 0. The molecule has 1 amide bonds. The summed E-state index contributed by atoms with van der Waals surface area (Å²) in [6, 6.07) is 0.374. The summed E-state index contributed by atoms with van der Waals surface area (Å²) < 4.78 is 5.71. The van der Waals surface area contributed by atoms with E-state index in [1.165, 1.54) is 18.6 Å². The predicted molar refractivity (Wildman–Crippen MR) is 82.6 cm³/mol. The molecule has 0 saturated heterocycles. The molecule has 0 unspecified atom stereocenters. The van der Waals surface area contributed by atoms with E-state index in [-0.39, 0.29) is 23.7 Å². The molecule has 9 heteroatoms. The second kappa shape index (κ2) is 6.82. The lowest BCUT2D eigenvalue weighted by Gasteiger charge is -2.28. The topological polar surface area (TPSA) is 113 Å². The minimum Gasteiger partial charge on any atom is -0.460 e. The quantitative estimate of drug-likeness (QED) is 0.777. The minimum atomic E-state index is -0.393. The second-order valence-electron chi connectivity index (χ2n) is 5.41. The van der Waals surface area contributed by atoms with Crippen LogP contribution in [0.2, 0.25) is 5.02 Å². The van der Waals surface area contributed by atoms with Gasteiger partial charge in [0.2, 0.25) is 0 Å². The number of H-pyrrole nitrogens is 2. The smallest absolute Gasteiger partial charge is 0.323 e. The molecule has 0 spiro atoms. The van der Waals surface area contributed by atoms with Gasteiger partial charge in [-0.3, -0.25) is 4.79 Å². The van der Waals surface area contributed by atoms with Crippen LogP contribution in [0.25, 0.3) is 0 Å². The summed E-state index contributed by atoms with van der Waals surface area (Å²) in [6.07, 6.45) is 7.54. The van der Waals surface area contributed by atoms with Crippen LogP contribution in [0.5, 0.6) is 6.01 Å². The monoisotopic (exact) mass is 337 g/mol. The second-order valence-corrected chi connectivity index (χ2v) is 5.84. The van der Waals surface area contributed by atoms with Crippen LogP contribution in [-0.4, -0.2) is 38.0 Å². The summed E-state index contributed by atoms with van der Waals surface area (Å²) in [5, 5.41) is 3.37. The van der Waals surface area contributed by atoms with Crippen molar-refractivity contribution in [1.29, 1.82) is 0 Å². The maximum atomic E-state index is 12.0. The summed E-state index contributed by atoms with van der Waals surface area (Å²) in [4.78, 5) is 35.8. The molecule has 1 aliphatic rings. The van der Waals surface area contributed by atoms with Crippen molar-refractivity contribution in [1.82, 2.24) is 25.3 Å². The Bertz CT molecular complexity index is 719. The molecule has 0 bridgehead atoms. The van der Waals surface area contributed by atoms with Crippen molar-refractivity contribution in [3.05, 3.63) is 39.8 Å². The summed E-state index contributed by atoms with van der Waals surface area (Å²) in [5.74, 6) is -0.284. The van der Waals surface area contributed by atoms with Crippen LogP contribution < -0.4 is 15.7 Å². The van der Waals surface area contributed by atoms with Crippen molar-refractivity contribution >= 4 is 17.5 Å². The lowest BCUT2D eigenvalue weighted by atomic mass is 9.93. The highest BCUT2D eigenvalue weighted by atomic mass is 35.5. The first-order valence-electron chi connectivity index (χ1n) is 7.33. The third kappa shape index (κ3) is 4.10. The van der Waals surface area contributed by atoms with Gasteiger partial charge in [-0.05, 0) is 25.7 Å². The Kier molecular flexibility index (Phi) is 4.61. The zero-order valence-corrected chi connectivity index (χ0v) is 13.0. The van der Waals surface area contributed by atoms with E-state index < -0.39 is 5.69 Å².